The maximum Gasteiger partial charge on any atom is 0.332 e. The Morgan fingerprint density at radius 2 is 1.04 bits per heavy atom. The molecule has 0 saturated carbocycles. The predicted octanol–water partition coefficient (Wildman–Crippen LogP) is 5.56. The maximum atomic E-state index is 11.1. The summed E-state index contributed by atoms with van der Waals surface area (Å²) in [5, 5.41) is 17.9. The smallest absolute Gasteiger partial charge is 0.332 e. The average molecular weight is 326 g/mol. The maximum absolute atomic E-state index is 11.1. The molecule has 0 unspecified atom stereocenters. The van der Waals surface area contributed by atoms with Gasteiger partial charge < -0.3 is 10.2 Å². The molecule has 0 atom stereocenters. The van der Waals surface area contributed by atoms with E-state index in [1.165, 1.54) is 64.7 Å². The van der Waals surface area contributed by atoms with Crippen LogP contribution < -0.4 is 0 Å². The molecule has 23 heavy (non-hydrogen) atoms. The van der Waals surface area contributed by atoms with Crippen molar-refractivity contribution < 1.29 is 19.8 Å². The molecule has 0 heterocycles. The van der Waals surface area contributed by atoms with Crippen molar-refractivity contribution in [3.63, 3.8) is 0 Å². The van der Waals surface area contributed by atoms with E-state index >= 15 is 0 Å². The molecular formula is C19H34O4. The molecule has 0 fully saturated rings. The van der Waals surface area contributed by atoms with Gasteiger partial charge in [-0.1, -0.05) is 77.6 Å². The van der Waals surface area contributed by atoms with Crippen LogP contribution in [0.1, 0.15) is 97.3 Å². The molecule has 2 N–H and O–H groups in total. The van der Waals surface area contributed by atoms with E-state index in [9.17, 15) is 9.59 Å². The Morgan fingerprint density at radius 3 is 1.39 bits per heavy atom. The minimum Gasteiger partial charge on any atom is -0.478 e. The molecule has 0 spiro atoms. The molecule has 0 aliphatic rings. The third kappa shape index (κ3) is 11.8. The zero-order valence-corrected chi connectivity index (χ0v) is 14.9. The molecule has 4 heteroatoms. The summed E-state index contributed by atoms with van der Waals surface area (Å²) < 4.78 is 0. The number of rotatable bonds is 15. The van der Waals surface area contributed by atoms with Gasteiger partial charge in [-0.3, -0.25) is 0 Å². The molecular weight excluding hydrogens is 292 g/mol. The zero-order chi connectivity index (χ0) is 17.5. The third-order valence-corrected chi connectivity index (χ3v) is 4.31. The van der Waals surface area contributed by atoms with Gasteiger partial charge in [0.1, 0.15) is 0 Å². The van der Waals surface area contributed by atoms with E-state index in [1.54, 1.807) is 0 Å². The fourth-order valence-electron chi connectivity index (χ4n) is 2.73. The first-order valence-corrected chi connectivity index (χ1v) is 9.17. The van der Waals surface area contributed by atoms with Gasteiger partial charge in [-0.2, -0.15) is 0 Å². The first-order valence-electron chi connectivity index (χ1n) is 9.17. The van der Waals surface area contributed by atoms with Crippen LogP contribution in [0.15, 0.2) is 11.1 Å². The van der Waals surface area contributed by atoms with Crippen LogP contribution >= 0.6 is 0 Å². The lowest BCUT2D eigenvalue weighted by molar-refractivity contribution is -0.136. The Morgan fingerprint density at radius 1 is 0.652 bits per heavy atom. The van der Waals surface area contributed by atoms with Gasteiger partial charge in [0, 0.05) is 11.1 Å². The summed E-state index contributed by atoms with van der Waals surface area (Å²) in [6, 6.07) is 0. The molecule has 0 aliphatic carbocycles. The molecule has 0 aromatic carbocycles. The fraction of sp³-hybridized carbons (Fsp3) is 0.789. The highest BCUT2D eigenvalue weighted by atomic mass is 16.4. The first kappa shape index (κ1) is 21.7. The Labute approximate surface area is 141 Å². The number of aliphatic carboxylic acids is 2. The van der Waals surface area contributed by atoms with Crippen molar-refractivity contribution in [3.05, 3.63) is 11.1 Å². The van der Waals surface area contributed by atoms with E-state index in [2.05, 4.69) is 6.92 Å². The van der Waals surface area contributed by atoms with Gasteiger partial charge in [-0.05, 0) is 19.8 Å². The lowest BCUT2D eigenvalue weighted by Crippen LogP contribution is -2.09. The monoisotopic (exact) mass is 326 g/mol. The molecule has 0 aromatic rings. The lowest BCUT2D eigenvalue weighted by atomic mass is 10.0. The number of carbonyl (C=O) groups is 2. The van der Waals surface area contributed by atoms with Crippen molar-refractivity contribution in [3.8, 4) is 0 Å². The van der Waals surface area contributed by atoms with Gasteiger partial charge in [0.05, 0.1) is 0 Å². The van der Waals surface area contributed by atoms with Crippen LogP contribution in [-0.2, 0) is 9.59 Å². The van der Waals surface area contributed by atoms with Crippen molar-refractivity contribution in [1.29, 1.82) is 0 Å². The summed E-state index contributed by atoms with van der Waals surface area (Å²) in [4.78, 5) is 21.9. The highest BCUT2D eigenvalue weighted by Gasteiger charge is 2.15. The Bertz CT molecular complexity index is 372. The van der Waals surface area contributed by atoms with Gasteiger partial charge >= 0.3 is 11.9 Å². The van der Waals surface area contributed by atoms with E-state index in [1.807, 2.05) is 0 Å². The summed E-state index contributed by atoms with van der Waals surface area (Å²) in [7, 11) is 0. The van der Waals surface area contributed by atoms with Crippen molar-refractivity contribution >= 4 is 11.9 Å². The van der Waals surface area contributed by atoms with Crippen LogP contribution in [0, 0.1) is 0 Å². The van der Waals surface area contributed by atoms with Crippen LogP contribution in [0.3, 0.4) is 0 Å². The Balaban J connectivity index is 3.60. The van der Waals surface area contributed by atoms with Gasteiger partial charge in [0.25, 0.3) is 0 Å². The fourth-order valence-corrected chi connectivity index (χ4v) is 2.73. The highest BCUT2D eigenvalue weighted by molar-refractivity contribution is 5.98. The van der Waals surface area contributed by atoms with Crippen molar-refractivity contribution in [1.82, 2.24) is 0 Å². The molecule has 0 saturated heterocycles. The Hall–Kier alpha value is -1.32. The van der Waals surface area contributed by atoms with E-state index in [0.717, 1.165) is 19.3 Å². The zero-order valence-electron chi connectivity index (χ0n) is 14.9. The summed E-state index contributed by atoms with van der Waals surface area (Å²) in [6.45, 7) is 3.60. The summed E-state index contributed by atoms with van der Waals surface area (Å²) in [5.41, 5.74) is 0.00477. The molecule has 0 amide bonds. The van der Waals surface area contributed by atoms with Gasteiger partial charge in [0.15, 0.2) is 0 Å². The molecule has 0 aromatic heterocycles. The van der Waals surface area contributed by atoms with E-state index < -0.39 is 11.9 Å². The molecule has 4 nitrogen and oxygen atoms in total. The first-order chi connectivity index (χ1) is 11.0. The second-order valence-electron chi connectivity index (χ2n) is 6.35. The van der Waals surface area contributed by atoms with Crippen molar-refractivity contribution in [2.45, 2.75) is 97.3 Å². The number of carboxylic acids is 2. The van der Waals surface area contributed by atoms with Crippen LogP contribution in [-0.4, -0.2) is 22.2 Å². The minimum absolute atomic E-state index is 0.0411. The van der Waals surface area contributed by atoms with Crippen molar-refractivity contribution in [2.75, 3.05) is 0 Å². The number of hydrogen-bond acceptors (Lipinski definition) is 2. The lowest BCUT2D eigenvalue weighted by Gasteiger charge is -2.06. The van der Waals surface area contributed by atoms with Crippen LogP contribution in [0.25, 0.3) is 0 Å². The quantitative estimate of drug-likeness (QED) is 0.305. The molecule has 0 rings (SSSR count). The number of unbranched alkanes of at least 4 members (excludes halogenated alkanes) is 11. The van der Waals surface area contributed by atoms with Crippen LogP contribution in [0.4, 0.5) is 0 Å². The third-order valence-electron chi connectivity index (χ3n) is 4.31. The van der Waals surface area contributed by atoms with Crippen LogP contribution in [0.2, 0.25) is 0 Å². The van der Waals surface area contributed by atoms with E-state index in [4.69, 9.17) is 10.2 Å². The van der Waals surface area contributed by atoms with Crippen LogP contribution in [0.5, 0.6) is 0 Å². The van der Waals surface area contributed by atoms with E-state index in [-0.39, 0.29) is 11.1 Å². The highest BCUT2D eigenvalue weighted by Crippen LogP contribution is 2.16. The average Bonchev–Trinajstić information content (AvgIpc) is 2.51. The van der Waals surface area contributed by atoms with Gasteiger partial charge in [0.2, 0.25) is 0 Å². The van der Waals surface area contributed by atoms with Crippen molar-refractivity contribution in [2.24, 2.45) is 0 Å². The second-order valence-corrected chi connectivity index (χ2v) is 6.35. The second kappa shape index (κ2) is 14.3. The largest absolute Gasteiger partial charge is 0.478 e. The van der Waals surface area contributed by atoms with E-state index in [0.29, 0.717) is 6.42 Å². The standard InChI is InChI=1S/C19H34O4/c1-3-4-5-6-7-8-9-10-11-12-13-14-15-17(19(22)23)16(2)18(20)21/h3-15H2,1-2H3,(H,20,21)(H,22,23)/b17-16-. The summed E-state index contributed by atoms with van der Waals surface area (Å²) in [5.74, 6) is -2.24. The number of carboxylic acid groups (broad SMARTS) is 2. The minimum atomic E-state index is -1.14. The molecule has 0 aliphatic heterocycles. The molecule has 0 bridgehead atoms. The number of hydrogen-bond donors (Lipinski definition) is 2. The van der Waals surface area contributed by atoms with Gasteiger partial charge in [-0.15, -0.1) is 0 Å². The normalized spacial score (nSPS) is 12.1. The van der Waals surface area contributed by atoms with Gasteiger partial charge in [-0.25, -0.2) is 9.59 Å². The topological polar surface area (TPSA) is 74.6 Å². The summed E-state index contributed by atoms with van der Waals surface area (Å²) >= 11 is 0. The SMILES string of the molecule is CCCCCCCCCCCCCC/C(C(=O)O)=C(\C)C(=O)O. The molecule has 0 radical (unpaired) electrons. The summed E-state index contributed by atoms with van der Waals surface area (Å²) in [6.07, 6.45) is 15.0. The predicted molar refractivity (Wildman–Crippen MR) is 93.7 cm³/mol. The molecule has 134 valence electrons. The Kier molecular flexibility index (Phi) is 13.5.